The molecule has 0 bridgehead atoms. The molecule has 0 radical (unpaired) electrons. The van der Waals surface area contributed by atoms with Crippen LogP contribution in [0.4, 0.5) is 5.13 Å². The van der Waals surface area contributed by atoms with Crippen LogP contribution in [0.5, 0.6) is 0 Å². The lowest BCUT2D eigenvalue weighted by Gasteiger charge is -2.29. The Morgan fingerprint density at radius 1 is 1.42 bits per heavy atom. The van der Waals surface area contributed by atoms with Gasteiger partial charge >= 0.3 is 0 Å². The van der Waals surface area contributed by atoms with Crippen molar-refractivity contribution in [1.29, 1.82) is 0 Å². The molecule has 1 heterocycles. The van der Waals surface area contributed by atoms with Crippen molar-refractivity contribution in [2.75, 3.05) is 18.1 Å². The van der Waals surface area contributed by atoms with Crippen LogP contribution in [0.1, 0.15) is 32.6 Å². The first-order valence-corrected chi connectivity index (χ1v) is 8.42. The quantitative estimate of drug-likeness (QED) is 0.817. The summed E-state index contributed by atoms with van der Waals surface area (Å²) in [6.07, 6.45) is 4.85. The summed E-state index contributed by atoms with van der Waals surface area (Å²) in [6.45, 7) is 2.22. The number of carbonyl (C=O) groups is 1. The minimum Gasteiger partial charge on any atom is -0.363 e. The van der Waals surface area contributed by atoms with Crippen molar-refractivity contribution in [3.05, 3.63) is 0 Å². The average Bonchev–Trinajstić information content (AvgIpc) is 2.87. The van der Waals surface area contributed by atoms with Crippen LogP contribution in [0.15, 0.2) is 4.34 Å². The first kappa shape index (κ1) is 14.6. The number of amides is 1. The Hall–Kier alpha value is -0.820. The second-order valence-electron chi connectivity index (χ2n) is 4.85. The van der Waals surface area contributed by atoms with Crippen molar-refractivity contribution in [3.63, 3.8) is 0 Å². The van der Waals surface area contributed by atoms with Crippen molar-refractivity contribution in [3.8, 4) is 0 Å². The molecule has 1 aliphatic rings. The molecule has 1 saturated carbocycles. The predicted octanol–water partition coefficient (Wildman–Crippen LogP) is 2.37. The molecule has 19 heavy (non-hydrogen) atoms. The van der Waals surface area contributed by atoms with E-state index in [-0.39, 0.29) is 5.91 Å². The standard InChI is InChI=1S/C12H20N4OS2/c1-8-5-3-4-6-9(8)14-10(17)7-18-12-16-15-11(13-2)19-12/h8-9H,3-7H2,1-2H3,(H,13,15)(H,14,17)/t8-,9+/m1/s1. The van der Waals surface area contributed by atoms with Crippen molar-refractivity contribution in [2.24, 2.45) is 5.92 Å². The molecule has 0 aromatic carbocycles. The van der Waals surface area contributed by atoms with E-state index in [1.807, 2.05) is 7.05 Å². The second kappa shape index (κ2) is 7.09. The maximum atomic E-state index is 11.9. The molecule has 1 amide bonds. The van der Waals surface area contributed by atoms with Gasteiger partial charge in [-0.2, -0.15) is 0 Å². The average molecular weight is 300 g/mol. The van der Waals surface area contributed by atoms with Gasteiger partial charge in [-0.05, 0) is 18.8 Å². The summed E-state index contributed by atoms with van der Waals surface area (Å²) in [6, 6.07) is 0.351. The lowest BCUT2D eigenvalue weighted by atomic mass is 9.86. The van der Waals surface area contributed by atoms with Gasteiger partial charge in [0.05, 0.1) is 5.75 Å². The third kappa shape index (κ3) is 4.35. The van der Waals surface area contributed by atoms with Gasteiger partial charge < -0.3 is 10.6 Å². The summed E-state index contributed by atoms with van der Waals surface area (Å²) in [5.74, 6) is 1.12. The van der Waals surface area contributed by atoms with Crippen LogP contribution in [0.2, 0.25) is 0 Å². The summed E-state index contributed by atoms with van der Waals surface area (Å²) in [4.78, 5) is 11.9. The molecule has 2 rings (SSSR count). The predicted molar refractivity (Wildman–Crippen MR) is 79.7 cm³/mol. The molecule has 1 fully saturated rings. The van der Waals surface area contributed by atoms with E-state index in [2.05, 4.69) is 27.8 Å². The highest BCUT2D eigenvalue weighted by Crippen LogP contribution is 2.26. The number of nitrogens with zero attached hydrogens (tertiary/aromatic N) is 2. The van der Waals surface area contributed by atoms with E-state index in [9.17, 15) is 4.79 Å². The summed E-state index contributed by atoms with van der Waals surface area (Å²) in [7, 11) is 1.81. The lowest BCUT2D eigenvalue weighted by molar-refractivity contribution is -0.119. The van der Waals surface area contributed by atoms with Crippen LogP contribution in [-0.4, -0.2) is 34.9 Å². The molecule has 1 aromatic rings. The molecular formula is C12H20N4OS2. The van der Waals surface area contributed by atoms with Crippen LogP contribution in [0.3, 0.4) is 0 Å². The van der Waals surface area contributed by atoms with Crippen LogP contribution in [-0.2, 0) is 4.79 Å². The second-order valence-corrected chi connectivity index (χ2v) is 7.05. The summed E-state index contributed by atoms with van der Waals surface area (Å²) in [5.41, 5.74) is 0. The molecule has 0 saturated heterocycles. The topological polar surface area (TPSA) is 66.9 Å². The Labute approximate surface area is 122 Å². The molecule has 2 atom stereocenters. The SMILES string of the molecule is CNc1nnc(SCC(=O)N[C@H]2CCCC[C@H]2C)s1. The minimum absolute atomic E-state index is 0.102. The summed E-state index contributed by atoms with van der Waals surface area (Å²) >= 11 is 2.92. The first-order chi connectivity index (χ1) is 9.19. The van der Waals surface area contributed by atoms with E-state index in [4.69, 9.17) is 0 Å². The Morgan fingerprint density at radius 2 is 2.21 bits per heavy atom. The molecule has 0 unspecified atom stereocenters. The highest BCUT2D eigenvalue weighted by atomic mass is 32.2. The number of rotatable bonds is 5. The first-order valence-electron chi connectivity index (χ1n) is 6.62. The molecular weight excluding hydrogens is 280 g/mol. The zero-order valence-corrected chi connectivity index (χ0v) is 12.9. The van der Waals surface area contributed by atoms with Crippen molar-refractivity contribution >= 4 is 34.1 Å². The van der Waals surface area contributed by atoms with Crippen LogP contribution in [0, 0.1) is 5.92 Å². The number of carbonyl (C=O) groups excluding carboxylic acids is 1. The maximum Gasteiger partial charge on any atom is 0.230 e. The Bertz CT molecular complexity index is 424. The number of hydrogen-bond donors (Lipinski definition) is 2. The van der Waals surface area contributed by atoms with Gasteiger partial charge in [0, 0.05) is 13.1 Å². The molecule has 106 valence electrons. The Kier molecular flexibility index (Phi) is 5.45. The van der Waals surface area contributed by atoms with Crippen LogP contribution in [0.25, 0.3) is 0 Å². The number of anilines is 1. The third-order valence-corrected chi connectivity index (χ3v) is 5.48. The fraction of sp³-hybridized carbons (Fsp3) is 0.750. The summed E-state index contributed by atoms with van der Waals surface area (Å²) < 4.78 is 0.830. The smallest absolute Gasteiger partial charge is 0.230 e. The van der Waals surface area contributed by atoms with Gasteiger partial charge in [0.25, 0.3) is 0 Å². The zero-order valence-electron chi connectivity index (χ0n) is 11.3. The van der Waals surface area contributed by atoms with Gasteiger partial charge in [0.1, 0.15) is 0 Å². The molecule has 0 spiro atoms. The Morgan fingerprint density at radius 3 is 2.89 bits per heavy atom. The van der Waals surface area contributed by atoms with E-state index in [0.717, 1.165) is 15.9 Å². The molecule has 1 aromatic heterocycles. The fourth-order valence-corrected chi connectivity index (χ4v) is 3.79. The monoisotopic (exact) mass is 300 g/mol. The minimum atomic E-state index is 0.102. The van der Waals surface area contributed by atoms with Gasteiger partial charge in [0.2, 0.25) is 11.0 Å². The number of thioether (sulfide) groups is 1. The van der Waals surface area contributed by atoms with Gasteiger partial charge in [-0.15, -0.1) is 10.2 Å². The molecule has 1 aliphatic carbocycles. The number of hydrogen-bond acceptors (Lipinski definition) is 6. The fourth-order valence-electron chi connectivity index (χ4n) is 2.28. The van der Waals surface area contributed by atoms with Crippen molar-refractivity contribution in [1.82, 2.24) is 15.5 Å². The number of nitrogens with one attached hydrogen (secondary N) is 2. The largest absolute Gasteiger partial charge is 0.363 e. The Balaban J connectivity index is 1.74. The van der Waals surface area contributed by atoms with Gasteiger partial charge in [-0.3, -0.25) is 4.79 Å². The highest BCUT2D eigenvalue weighted by molar-refractivity contribution is 8.01. The van der Waals surface area contributed by atoms with E-state index in [1.165, 1.54) is 42.4 Å². The molecule has 7 heteroatoms. The van der Waals surface area contributed by atoms with Crippen LogP contribution < -0.4 is 10.6 Å². The van der Waals surface area contributed by atoms with Gasteiger partial charge in [-0.1, -0.05) is 42.9 Å². The van der Waals surface area contributed by atoms with E-state index >= 15 is 0 Å². The van der Waals surface area contributed by atoms with E-state index in [1.54, 1.807) is 0 Å². The normalized spacial score (nSPS) is 23.1. The number of aromatic nitrogens is 2. The van der Waals surface area contributed by atoms with Crippen molar-refractivity contribution < 1.29 is 4.79 Å². The maximum absolute atomic E-state index is 11.9. The van der Waals surface area contributed by atoms with E-state index in [0.29, 0.717) is 17.7 Å². The third-order valence-electron chi connectivity index (χ3n) is 3.40. The molecule has 2 N–H and O–H groups in total. The van der Waals surface area contributed by atoms with Crippen LogP contribution >= 0.6 is 23.1 Å². The van der Waals surface area contributed by atoms with Gasteiger partial charge in [-0.25, -0.2) is 0 Å². The molecule has 5 nitrogen and oxygen atoms in total. The lowest BCUT2D eigenvalue weighted by Crippen LogP contribution is -2.41. The van der Waals surface area contributed by atoms with Gasteiger partial charge in [0.15, 0.2) is 4.34 Å². The van der Waals surface area contributed by atoms with E-state index < -0.39 is 0 Å². The highest BCUT2D eigenvalue weighted by Gasteiger charge is 2.22. The summed E-state index contributed by atoms with van der Waals surface area (Å²) in [5, 5.41) is 14.8. The van der Waals surface area contributed by atoms with Crippen molar-refractivity contribution in [2.45, 2.75) is 43.0 Å². The molecule has 0 aliphatic heterocycles. The zero-order chi connectivity index (χ0) is 13.7.